The summed E-state index contributed by atoms with van der Waals surface area (Å²) < 4.78 is 5.76. The van der Waals surface area contributed by atoms with Gasteiger partial charge in [-0.15, -0.1) is 0 Å². The first-order chi connectivity index (χ1) is 9.69. The molecule has 0 spiro atoms. The molecule has 20 heavy (non-hydrogen) atoms. The normalized spacial score (nSPS) is 11.9. The van der Waals surface area contributed by atoms with E-state index in [1.54, 1.807) is 0 Å². The molecule has 1 atom stereocenters. The minimum Gasteiger partial charge on any atom is -0.491 e. The molecule has 0 aromatic heterocycles. The molecule has 0 heterocycles. The summed E-state index contributed by atoms with van der Waals surface area (Å²) in [7, 11) is 0. The summed E-state index contributed by atoms with van der Waals surface area (Å²) >= 11 is 6.11. The van der Waals surface area contributed by atoms with Crippen molar-refractivity contribution in [3.05, 3.63) is 59.1 Å². The van der Waals surface area contributed by atoms with Crippen molar-refractivity contribution in [1.29, 1.82) is 0 Å². The summed E-state index contributed by atoms with van der Waals surface area (Å²) in [5.41, 5.74) is 2.15. The molecule has 0 amide bonds. The van der Waals surface area contributed by atoms with E-state index < -0.39 is 0 Å². The lowest BCUT2D eigenvalue weighted by molar-refractivity contribution is 0.217. The number of rotatable bonds is 6. The molecule has 1 unspecified atom stereocenters. The van der Waals surface area contributed by atoms with Crippen LogP contribution in [0.3, 0.4) is 0 Å². The minimum absolute atomic E-state index is 0.252. The number of hydrogen-bond acceptors (Lipinski definition) is 2. The molecule has 0 aliphatic rings. The van der Waals surface area contributed by atoms with Crippen LogP contribution >= 0.6 is 11.6 Å². The van der Waals surface area contributed by atoms with Gasteiger partial charge in [-0.05, 0) is 43.2 Å². The molecular weight excluding hydrogens is 270 g/mol. The van der Waals surface area contributed by atoms with Gasteiger partial charge in [0, 0.05) is 6.54 Å². The second kappa shape index (κ2) is 7.20. The Balaban J connectivity index is 1.92. The van der Waals surface area contributed by atoms with Crippen molar-refractivity contribution in [2.75, 3.05) is 5.32 Å². The van der Waals surface area contributed by atoms with Gasteiger partial charge in [0.2, 0.25) is 0 Å². The van der Waals surface area contributed by atoms with E-state index in [0.717, 1.165) is 29.4 Å². The van der Waals surface area contributed by atoms with E-state index in [1.807, 2.05) is 36.4 Å². The number of ether oxygens (including phenoxy) is 1. The molecule has 0 fully saturated rings. The van der Waals surface area contributed by atoms with E-state index in [-0.39, 0.29) is 6.10 Å². The van der Waals surface area contributed by atoms with Crippen LogP contribution < -0.4 is 10.1 Å². The van der Waals surface area contributed by atoms with Crippen molar-refractivity contribution in [2.24, 2.45) is 0 Å². The van der Waals surface area contributed by atoms with Crippen LogP contribution in [0.25, 0.3) is 0 Å². The van der Waals surface area contributed by atoms with Gasteiger partial charge in [0.1, 0.15) is 5.75 Å². The molecule has 0 aliphatic heterocycles. The van der Waals surface area contributed by atoms with Crippen LogP contribution in [0, 0.1) is 0 Å². The van der Waals surface area contributed by atoms with Gasteiger partial charge >= 0.3 is 0 Å². The molecule has 0 saturated heterocycles. The first kappa shape index (κ1) is 14.7. The second-order valence-corrected chi connectivity index (χ2v) is 5.22. The Bertz CT molecular complexity index is 539. The van der Waals surface area contributed by atoms with Crippen molar-refractivity contribution >= 4 is 17.3 Å². The second-order valence-electron chi connectivity index (χ2n) is 4.81. The molecular formula is C17H20ClNO. The number of para-hydroxylation sites is 1. The van der Waals surface area contributed by atoms with Gasteiger partial charge in [0.05, 0.1) is 16.8 Å². The lowest BCUT2D eigenvalue weighted by atomic mass is 10.2. The Kier molecular flexibility index (Phi) is 5.31. The lowest BCUT2D eigenvalue weighted by Crippen LogP contribution is -2.09. The Hall–Kier alpha value is -1.67. The smallest absolute Gasteiger partial charge is 0.119 e. The fourth-order valence-electron chi connectivity index (χ4n) is 1.80. The minimum atomic E-state index is 0.252. The standard InChI is InChI=1S/C17H20ClNO/c1-3-13(2)20-15-10-8-14(9-11-15)12-19-17-7-5-4-6-16(17)18/h4-11,13,19H,3,12H2,1-2H3. The van der Waals surface area contributed by atoms with Crippen molar-refractivity contribution in [2.45, 2.75) is 32.9 Å². The lowest BCUT2D eigenvalue weighted by Gasteiger charge is -2.13. The first-order valence-corrected chi connectivity index (χ1v) is 7.31. The van der Waals surface area contributed by atoms with Gasteiger partial charge in [0.15, 0.2) is 0 Å². The quantitative estimate of drug-likeness (QED) is 0.796. The highest BCUT2D eigenvalue weighted by molar-refractivity contribution is 6.33. The van der Waals surface area contributed by atoms with E-state index >= 15 is 0 Å². The summed E-state index contributed by atoms with van der Waals surface area (Å²) in [5.74, 6) is 0.917. The number of halogens is 1. The highest BCUT2D eigenvalue weighted by Gasteiger charge is 2.02. The van der Waals surface area contributed by atoms with E-state index in [0.29, 0.717) is 0 Å². The van der Waals surface area contributed by atoms with Gasteiger partial charge in [-0.3, -0.25) is 0 Å². The first-order valence-electron chi connectivity index (χ1n) is 6.93. The van der Waals surface area contributed by atoms with Gasteiger partial charge in [-0.25, -0.2) is 0 Å². The molecule has 106 valence electrons. The Morgan fingerprint density at radius 3 is 2.45 bits per heavy atom. The predicted molar refractivity (Wildman–Crippen MR) is 85.6 cm³/mol. The third-order valence-electron chi connectivity index (χ3n) is 3.19. The van der Waals surface area contributed by atoms with Crippen molar-refractivity contribution in [1.82, 2.24) is 0 Å². The molecule has 0 aliphatic carbocycles. The van der Waals surface area contributed by atoms with Crippen LogP contribution in [0.2, 0.25) is 5.02 Å². The third kappa shape index (κ3) is 4.17. The van der Waals surface area contributed by atoms with Gasteiger partial charge < -0.3 is 10.1 Å². The molecule has 0 saturated carbocycles. The van der Waals surface area contributed by atoms with Crippen LogP contribution in [0.1, 0.15) is 25.8 Å². The van der Waals surface area contributed by atoms with Crippen molar-refractivity contribution in [3.63, 3.8) is 0 Å². The maximum absolute atomic E-state index is 6.11. The monoisotopic (exact) mass is 289 g/mol. The van der Waals surface area contributed by atoms with E-state index in [2.05, 4.69) is 31.3 Å². The average molecular weight is 290 g/mol. The van der Waals surface area contributed by atoms with Crippen LogP contribution in [-0.4, -0.2) is 6.10 Å². The number of nitrogens with one attached hydrogen (secondary N) is 1. The Morgan fingerprint density at radius 1 is 1.10 bits per heavy atom. The highest BCUT2D eigenvalue weighted by atomic mass is 35.5. The van der Waals surface area contributed by atoms with Gasteiger partial charge in [-0.2, -0.15) is 0 Å². The van der Waals surface area contributed by atoms with Crippen LogP contribution in [-0.2, 0) is 6.54 Å². The van der Waals surface area contributed by atoms with E-state index in [9.17, 15) is 0 Å². The molecule has 0 bridgehead atoms. The molecule has 2 aromatic rings. The van der Waals surface area contributed by atoms with Gasteiger partial charge in [-0.1, -0.05) is 42.8 Å². The maximum atomic E-state index is 6.11. The molecule has 2 nitrogen and oxygen atoms in total. The number of benzene rings is 2. The summed E-state index contributed by atoms with van der Waals surface area (Å²) in [4.78, 5) is 0. The fraction of sp³-hybridized carbons (Fsp3) is 0.294. The summed E-state index contributed by atoms with van der Waals surface area (Å²) in [6.45, 7) is 4.94. The van der Waals surface area contributed by atoms with Crippen LogP contribution in [0.5, 0.6) is 5.75 Å². The largest absolute Gasteiger partial charge is 0.491 e. The number of anilines is 1. The fourth-order valence-corrected chi connectivity index (χ4v) is 2.01. The Labute approximate surface area is 125 Å². The summed E-state index contributed by atoms with van der Waals surface area (Å²) in [6, 6.07) is 15.9. The maximum Gasteiger partial charge on any atom is 0.119 e. The summed E-state index contributed by atoms with van der Waals surface area (Å²) in [6.07, 6.45) is 1.26. The topological polar surface area (TPSA) is 21.3 Å². The molecule has 2 aromatic carbocycles. The zero-order valence-corrected chi connectivity index (χ0v) is 12.7. The zero-order valence-electron chi connectivity index (χ0n) is 11.9. The van der Waals surface area contributed by atoms with Crippen molar-refractivity contribution < 1.29 is 4.74 Å². The van der Waals surface area contributed by atoms with Crippen molar-refractivity contribution in [3.8, 4) is 5.75 Å². The number of hydrogen-bond donors (Lipinski definition) is 1. The summed E-state index contributed by atoms with van der Waals surface area (Å²) in [5, 5.41) is 4.07. The van der Waals surface area contributed by atoms with E-state index in [4.69, 9.17) is 16.3 Å². The average Bonchev–Trinajstić information content (AvgIpc) is 2.48. The van der Waals surface area contributed by atoms with Crippen LogP contribution in [0.15, 0.2) is 48.5 Å². The highest BCUT2D eigenvalue weighted by Crippen LogP contribution is 2.21. The third-order valence-corrected chi connectivity index (χ3v) is 3.52. The molecule has 2 rings (SSSR count). The molecule has 0 radical (unpaired) electrons. The SMILES string of the molecule is CCC(C)Oc1ccc(CNc2ccccc2Cl)cc1. The predicted octanol–water partition coefficient (Wildman–Crippen LogP) is 5.13. The van der Waals surface area contributed by atoms with Gasteiger partial charge in [0.25, 0.3) is 0 Å². The Morgan fingerprint density at radius 2 is 1.80 bits per heavy atom. The van der Waals surface area contributed by atoms with Crippen LogP contribution in [0.4, 0.5) is 5.69 Å². The zero-order chi connectivity index (χ0) is 14.4. The molecule has 1 N–H and O–H groups in total. The van der Waals surface area contributed by atoms with E-state index in [1.165, 1.54) is 5.56 Å². The molecule has 3 heteroatoms.